The standard InChI is InChI=1S/C22H26N6O3/c1-27-18(13-17(26-27)16-12-15(30-2)6-7-19(16)31-3)22(29)24-14-20-23-9-8-21(25-20)28-10-4-5-11-28/h6-9,12-13H,4-5,10-11,14H2,1-3H3,(H,24,29). The molecule has 0 aliphatic carbocycles. The van der Waals surface area contributed by atoms with Crippen LogP contribution >= 0.6 is 0 Å². The molecule has 0 bridgehead atoms. The summed E-state index contributed by atoms with van der Waals surface area (Å²) in [7, 11) is 4.93. The number of ether oxygens (including phenoxy) is 2. The van der Waals surface area contributed by atoms with Gasteiger partial charge in [0.05, 0.1) is 26.5 Å². The maximum Gasteiger partial charge on any atom is 0.269 e. The van der Waals surface area contributed by atoms with Crippen molar-refractivity contribution in [1.29, 1.82) is 0 Å². The summed E-state index contributed by atoms with van der Waals surface area (Å²) in [6.07, 6.45) is 4.09. The fourth-order valence-electron chi connectivity index (χ4n) is 3.67. The average Bonchev–Trinajstić information content (AvgIpc) is 3.47. The molecule has 31 heavy (non-hydrogen) atoms. The van der Waals surface area contributed by atoms with Gasteiger partial charge in [-0.2, -0.15) is 5.10 Å². The highest BCUT2D eigenvalue weighted by Gasteiger charge is 2.18. The van der Waals surface area contributed by atoms with Crippen LogP contribution in [0.15, 0.2) is 36.5 Å². The van der Waals surface area contributed by atoms with Crippen molar-refractivity contribution in [3.05, 3.63) is 48.0 Å². The molecule has 2 aromatic heterocycles. The third-order valence-corrected chi connectivity index (χ3v) is 5.32. The van der Waals surface area contributed by atoms with E-state index in [1.807, 2.05) is 24.3 Å². The smallest absolute Gasteiger partial charge is 0.269 e. The first kappa shape index (κ1) is 20.6. The highest BCUT2D eigenvalue weighted by molar-refractivity contribution is 5.93. The van der Waals surface area contributed by atoms with Crippen LogP contribution in [0, 0.1) is 0 Å². The number of rotatable bonds is 7. The summed E-state index contributed by atoms with van der Waals surface area (Å²) in [5, 5.41) is 7.38. The zero-order chi connectivity index (χ0) is 21.8. The Labute approximate surface area is 181 Å². The van der Waals surface area contributed by atoms with E-state index in [9.17, 15) is 4.79 Å². The number of nitrogens with zero attached hydrogens (tertiary/aromatic N) is 5. The van der Waals surface area contributed by atoms with Gasteiger partial charge < -0.3 is 19.7 Å². The van der Waals surface area contributed by atoms with Gasteiger partial charge in [0, 0.05) is 31.9 Å². The quantitative estimate of drug-likeness (QED) is 0.625. The van der Waals surface area contributed by atoms with Crippen molar-refractivity contribution in [2.75, 3.05) is 32.2 Å². The second kappa shape index (κ2) is 9.03. The van der Waals surface area contributed by atoms with Gasteiger partial charge in [0.2, 0.25) is 0 Å². The zero-order valence-corrected chi connectivity index (χ0v) is 18.0. The summed E-state index contributed by atoms with van der Waals surface area (Å²) < 4.78 is 12.3. The third-order valence-electron chi connectivity index (χ3n) is 5.32. The number of aryl methyl sites for hydroxylation is 1. The molecule has 1 aromatic carbocycles. The lowest BCUT2D eigenvalue weighted by Crippen LogP contribution is -2.26. The van der Waals surface area contributed by atoms with Gasteiger partial charge in [-0.1, -0.05) is 0 Å². The predicted octanol–water partition coefficient (Wildman–Crippen LogP) is 2.42. The van der Waals surface area contributed by atoms with Gasteiger partial charge in [-0.05, 0) is 43.2 Å². The summed E-state index contributed by atoms with van der Waals surface area (Å²) in [4.78, 5) is 23.9. The lowest BCUT2D eigenvalue weighted by atomic mass is 10.1. The van der Waals surface area contributed by atoms with E-state index in [-0.39, 0.29) is 12.5 Å². The molecule has 4 rings (SSSR count). The van der Waals surface area contributed by atoms with Crippen molar-refractivity contribution >= 4 is 11.7 Å². The van der Waals surface area contributed by atoms with Crippen LogP contribution < -0.4 is 19.7 Å². The number of anilines is 1. The molecule has 0 unspecified atom stereocenters. The Morgan fingerprint density at radius 1 is 1.13 bits per heavy atom. The number of carbonyl (C=O) groups excluding carboxylic acids is 1. The van der Waals surface area contributed by atoms with E-state index in [4.69, 9.17) is 9.47 Å². The first-order valence-corrected chi connectivity index (χ1v) is 10.2. The maximum atomic E-state index is 12.8. The molecule has 0 spiro atoms. The van der Waals surface area contributed by atoms with E-state index in [0.717, 1.165) is 24.5 Å². The number of aromatic nitrogens is 4. The van der Waals surface area contributed by atoms with Gasteiger partial charge in [0.25, 0.3) is 5.91 Å². The normalized spacial score (nSPS) is 13.3. The van der Waals surface area contributed by atoms with E-state index in [1.165, 1.54) is 12.8 Å². The second-order valence-corrected chi connectivity index (χ2v) is 7.31. The van der Waals surface area contributed by atoms with Gasteiger partial charge in [-0.3, -0.25) is 9.48 Å². The van der Waals surface area contributed by atoms with Gasteiger partial charge >= 0.3 is 0 Å². The minimum atomic E-state index is -0.252. The number of benzene rings is 1. The van der Waals surface area contributed by atoms with Crippen molar-refractivity contribution in [3.63, 3.8) is 0 Å². The molecule has 9 heteroatoms. The van der Waals surface area contributed by atoms with Gasteiger partial charge in [-0.15, -0.1) is 0 Å². The fourth-order valence-corrected chi connectivity index (χ4v) is 3.67. The highest BCUT2D eigenvalue weighted by atomic mass is 16.5. The van der Waals surface area contributed by atoms with Crippen LogP contribution in [0.2, 0.25) is 0 Å². The van der Waals surface area contributed by atoms with Crippen LogP contribution in [0.1, 0.15) is 29.2 Å². The summed E-state index contributed by atoms with van der Waals surface area (Å²) in [5.41, 5.74) is 1.80. The van der Waals surface area contributed by atoms with E-state index in [0.29, 0.717) is 28.7 Å². The van der Waals surface area contributed by atoms with Crippen LogP contribution in [0.5, 0.6) is 11.5 Å². The lowest BCUT2D eigenvalue weighted by molar-refractivity contribution is 0.0940. The van der Waals surface area contributed by atoms with E-state index in [2.05, 4.69) is 25.3 Å². The summed E-state index contributed by atoms with van der Waals surface area (Å²) >= 11 is 0. The maximum absolute atomic E-state index is 12.8. The first-order chi connectivity index (χ1) is 15.1. The predicted molar refractivity (Wildman–Crippen MR) is 116 cm³/mol. The molecule has 3 heterocycles. The van der Waals surface area contributed by atoms with Gasteiger partial charge in [-0.25, -0.2) is 9.97 Å². The van der Waals surface area contributed by atoms with E-state index >= 15 is 0 Å². The Kier molecular flexibility index (Phi) is 6.01. The molecule has 1 amide bonds. The monoisotopic (exact) mass is 422 g/mol. The number of nitrogens with one attached hydrogen (secondary N) is 1. The molecule has 1 fully saturated rings. The third kappa shape index (κ3) is 4.45. The molecule has 1 N–H and O–H groups in total. The van der Waals surface area contributed by atoms with Crippen molar-refractivity contribution in [1.82, 2.24) is 25.1 Å². The van der Waals surface area contributed by atoms with E-state index < -0.39 is 0 Å². The first-order valence-electron chi connectivity index (χ1n) is 10.2. The minimum Gasteiger partial charge on any atom is -0.497 e. The molecule has 3 aromatic rings. The van der Waals surface area contributed by atoms with Crippen LogP contribution in [-0.4, -0.2) is 53.0 Å². The number of hydrogen-bond acceptors (Lipinski definition) is 7. The SMILES string of the molecule is COc1ccc(OC)c(-c2cc(C(=O)NCc3nccc(N4CCCC4)n3)n(C)n2)c1. The second-order valence-electron chi connectivity index (χ2n) is 7.31. The molecule has 0 radical (unpaired) electrons. The van der Waals surface area contributed by atoms with Crippen molar-refractivity contribution in [2.24, 2.45) is 7.05 Å². The zero-order valence-electron chi connectivity index (χ0n) is 18.0. The van der Waals surface area contributed by atoms with Crippen molar-refractivity contribution in [3.8, 4) is 22.8 Å². The molecular formula is C22H26N6O3. The molecule has 1 aliphatic heterocycles. The minimum absolute atomic E-state index is 0.240. The molecule has 9 nitrogen and oxygen atoms in total. The summed E-state index contributed by atoms with van der Waals surface area (Å²) in [6.45, 7) is 2.26. The number of carbonyl (C=O) groups is 1. The number of hydrogen-bond donors (Lipinski definition) is 1. The lowest BCUT2D eigenvalue weighted by Gasteiger charge is -2.16. The highest BCUT2D eigenvalue weighted by Crippen LogP contribution is 2.32. The molecular weight excluding hydrogens is 396 g/mol. The summed E-state index contributed by atoms with van der Waals surface area (Å²) in [6, 6.07) is 9.10. The fraction of sp³-hybridized carbons (Fsp3) is 0.364. The van der Waals surface area contributed by atoms with Crippen molar-refractivity contribution < 1.29 is 14.3 Å². The molecule has 1 aliphatic rings. The molecule has 1 saturated heterocycles. The molecule has 162 valence electrons. The van der Waals surface area contributed by atoms with Crippen LogP contribution in [0.25, 0.3) is 11.3 Å². The molecule has 0 saturated carbocycles. The van der Waals surface area contributed by atoms with E-state index in [1.54, 1.807) is 38.2 Å². The van der Waals surface area contributed by atoms with Crippen LogP contribution in [-0.2, 0) is 13.6 Å². The Morgan fingerprint density at radius 2 is 1.94 bits per heavy atom. The Morgan fingerprint density at radius 3 is 2.68 bits per heavy atom. The number of amides is 1. The van der Waals surface area contributed by atoms with Gasteiger partial charge in [0.15, 0.2) is 0 Å². The Bertz CT molecular complexity index is 1070. The van der Waals surface area contributed by atoms with Crippen LogP contribution in [0.3, 0.4) is 0 Å². The Hall–Kier alpha value is -3.62. The van der Waals surface area contributed by atoms with Crippen molar-refractivity contribution in [2.45, 2.75) is 19.4 Å². The topological polar surface area (TPSA) is 94.4 Å². The summed E-state index contributed by atoms with van der Waals surface area (Å²) in [5.74, 6) is 2.57. The average molecular weight is 422 g/mol. The Balaban J connectivity index is 1.49. The largest absolute Gasteiger partial charge is 0.497 e. The van der Waals surface area contributed by atoms with Gasteiger partial charge in [0.1, 0.15) is 28.8 Å². The van der Waals surface area contributed by atoms with Crippen LogP contribution in [0.4, 0.5) is 5.82 Å². The molecule has 0 atom stereocenters. The number of methoxy groups -OCH3 is 2.